The Morgan fingerprint density at radius 3 is 2.59 bits per heavy atom. The molecule has 3 rings (SSSR count). The van der Waals surface area contributed by atoms with Crippen LogP contribution >= 0.6 is 0 Å². The topological polar surface area (TPSA) is 28.2 Å². The van der Waals surface area contributed by atoms with Crippen LogP contribution in [0, 0.1) is 5.82 Å². The van der Waals surface area contributed by atoms with Crippen LogP contribution in [0.2, 0.25) is 0 Å². The minimum absolute atomic E-state index is 0.167. The molecule has 0 radical (unpaired) electrons. The summed E-state index contributed by atoms with van der Waals surface area (Å²) in [5.41, 5.74) is 1.77. The van der Waals surface area contributed by atoms with E-state index in [2.05, 4.69) is 21.3 Å². The first-order valence-corrected chi connectivity index (χ1v) is 7.94. The van der Waals surface area contributed by atoms with Crippen LogP contribution in [-0.2, 0) is 6.42 Å². The number of hydrogen-bond donors (Lipinski definition) is 1. The Hall–Kier alpha value is -1.94. The second kappa shape index (κ2) is 7.36. The van der Waals surface area contributed by atoms with Crippen molar-refractivity contribution in [1.82, 2.24) is 9.88 Å². The van der Waals surface area contributed by atoms with E-state index in [0.717, 1.165) is 44.6 Å². The van der Waals surface area contributed by atoms with E-state index in [0.29, 0.717) is 11.7 Å². The van der Waals surface area contributed by atoms with E-state index in [9.17, 15) is 4.39 Å². The maximum atomic E-state index is 13.6. The van der Waals surface area contributed by atoms with E-state index in [1.165, 1.54) is 6.07 Å². The highest BCUT2D eigenvalue weighted by Gasteiger charge is 2.19. The first kappa shape index (κ1) is 15.0. The molecule has 4 heteroatoms. The molecule has 0 unspecified atom stereocenters. The molecule has 1 fully saturated rings. The lowest BCUT2D eigenvalue weighted by Crippen LogP contribution is -2.40. The van der Waals surface area contributed by atoms with Gasteiger partial charge in [0.1, 0.15) is 5.82 Å². The molecule has 1 aliphatic rings. The molecule has 2 aromatic rings. The van der Waals surface area contributed by atoms with E-state index < -0.39 is 0 Å². The normalized spacial score (nSPS) is 16.6. The maximum absolute atomic E-state index is 13.6. The molecule has 0 atom stereocenters. The Morgan fingerprint density at radius 1 is 1.09 bits per heavy atom. The van der Waals surface area contributed by atoms with Crippen LogP contribution in [-0.4, -0.2) is 35.6 Å². The van der Waals surface area contributed by atoms with Gasteiger partial charge in [-0.05, 0) is 37.1 Å². The number of halogens is 1. The lowest BCUT2D eigenvalue weighted by atomic mass is 10.0. The van der Waals surface area contributed by atoms with Gasteiger partial charge in [0.15, 0.2) is 0 Å². The number of benzene rings is 1. The number of hydrogen-bond acceptors (Lipinski definition) is 3. The molecule has 0 spiro atoms. The zero-order chi connectivity index (χ0) is 15.2. The summed E-state index contributed by atoms with van der Waals surface area (Å²) in [4.78, 5) is 6.83. The predicted molar refractivity (Wildman–Crippen MR) is 87.4 cm³/mol. The summed E-state index contributed by atoms with van der Waals surface area (Å²) < 4.78 is 13.6. The van der Waals surface area contributed by atoms with Crippen molar-refractivity contribution in [2.45, 2.75) is 25.3 Å². The lowest BCUT2D eigenvalue weighted by molar-refractivity contribution is 0.221. The fraction of sp³-hybridized carbons (Fsp3) is 0.389. The minimum atomic E-state index is -0.167. The zero-order valence-corrected chi connectivity index (χ0v) is 12.7. The Bertz CT molecular complexity index is 580. The van der Waals surface area contributed by atoms with Crippen LogP contribution in [0.25, 0.3) is 0 Å². The molecule has 1 aromatic carbocycles. The molecule has 3 nitrogen and oxygen atoms in total. The molecule has 1 saturated heterocycles. The van der Waals surface area contributed by atoms with Crippen molar-refractivity contribution >= 4 is 5.69 Å². The van der Waals surface area contributed by atoms with E-state index in [1.807, 2.05) is 30.5 Å². The fourth-order valence-electron chi connectivity index (χ4n) is 2.92. The summed E-state index contributed by atoms with van der Waals surface area (Å²) in [6.07, 6.45) is 4.94. The van der Waals surface area contributed by atoms with Crippen LogP contribution in [0.15, 0.2) is 48.7 Å². The van der Waals surface area contributed by atoms with Gasteiger partial charge in [0.05, 0.1) is 5.69 Å². The lowest BCUT2D eigenvalue weighted by Gasteiger charge is -2.32. The van der Waals surface area contributed by atoms with E-state index >= 15 is 0 Å². The Balaban J connectivity index is 1.44. The number of nitrogens with zero attached hydrogens (tertiary/aromatic N) is 2. The van der Waals surface area contributed by atoms with Crippen molar-refractivity contribution in [2.24, 2.45) is 0 Å². The largest absolute Gasteiger partial charge is 0.380 e. The van der Waals surface area contributed by atoms with Gasteiger partial charge >= 0.3 is 0 Å². The molecule has 1 N–H and O–H groups in total. The number of para-hydroxylation sites is 1. The average molecular weight is 299 g/mol. The smallest absolute Gasteiger partial charge is 0.146 e. The minimum Gasteiger partial charge on any atom is -0.380 e. The second-order valence-electron chi connectivity index (χ2n) is 5.81. The molecule has 0 amide bonds. The first-order valence-electron chi connectivity index (χ1n) is 7.94. The predicted octanol–water partition coefficient (Wildman–Crippen LogP) is 3.34. The second-order valence-corrected chi connectivity index (χ2v) is 5.81. The van der Waals surface area contributed by atoms with Gasteiger partial charge in [-0.2, -0.15) is 0 Å². The van der Waals surface area contributed by atoms with Gasteiger partial charge in [0.25, 0.3) is 0 Å². The Kier molecular flexibility index (Phi) is 5.01. The Morgan fingerprint density at radius 2 is 1.86 bits per heavy atom. The van der Waals surface area contributed by atoms with Gasteiger partial charge < -0.3 is 10.2 Å². The van der Waals surface area contributed by atoms with Gasteiger partial charge in [-0.3, -0.25) is 4.98 Å². The van der Waals surface area contributed by atoms with Crippen LogP contribution in [0.4, 0.5) is 10.1 Å². The van der Waals surface area contributed by atoms with Gasteiger partial charge in [-0.15, -0.1) is 0 Å². The molecule has 2 heterocycles. The first-order chi connectivity index (χ1) is 10.8. The highest BCUT2D eigenvalue weighted by molar-refractivity contribution is 5.45. The number of pyridine rings is 1. The monoisotopic (exact) mass is 299 g/mol. The summed E-state index contributed by atoms with van der Waals surface area (Å²) in [6.45, 7) is 3.15. The summed E-state index contributed by atoms with van der Waals surface area (Å²) in [5.74, 6) is -0.167. The van der Waals surface area contributed by atoms with Crippen molar-refractivity contribution in [3.05, 3.63) is 60.2 Å². The number of aromatic nitrogens is 1. The molecule has 0 saturated carbocycles. The SMILES string of the molecule is Fc1ccccc1NC1CCN(CCc2ccccn2)CC1. The van der Waals surface area contributed by atoms with Crippen LogP contribution in [0.3, 0.4) is 0 Å². The van der Waals surface area contributed by atoms with E-state index in [4.69, 9.17) is 0 Å². The quantitative estimate of drug-likeness (QED) is 0.918. The van der Waals surface area contributed by atoms with Crippen LogP contribution in [0.1, 0.15) is 18.5 Å². The average Bonchev–Trinajstić information content (AvgIpc) is 2.57. The van der Waals surface area contributed by atoms with Crippen LogP contribution < -0.4 is 5.32 Å². The van der Waals surface area contributed by atoms with Gasteiger partial charge in [0.2, 0.25) is 0 Å². The van der Waals surface area contributed by atoms with E-state index in [-0.39, 0.29) is 5.82 Å². The standard InChI is InChI=1S/C18H22FN3/c19-17-6-1-2-7-18(17)21-16-9-13-22(14-10-16)12-8-15-5-3-4-11-20-15/h1-7,11,16,21H,8-10,12-14H2. The molecule has 0 aliphatic carbocycles. The van der Waals surface area contributed by atoms with Gasteiger partial charge in [-0.25, -0.2) is 4.39 Å². The number of nitrogens with one attached hydrogen (secondary N) is 1. The van der Waals surface area contributed by atoms with Crippen molar-refractivity contribution < 1.29 is 4.39 Å². The molecular weight excluding hydrogens is 277 g/mol. The summed E-state index contributed by atoms with van der Waals surface area (Å²) in [7, 11) is 0. The number of rotatable bonds is 5. The van der Waals surface area contributed by atoms with Gasteiger partial charge in [-0.1, -0.05) is 18.2 Å². The Labute approximate surface area is 131 Å². The molecular formula is C18H22FN3. The zero-order valence-electron chi connectivity index (χ0n) is 12.7. The number of piperidine rings is 1. The molecule has 22 heavy (non-hydrogen) atoms. The molecule has 0 bridgehead atoms. The van der Waals surface area contributed by atoms with Gasteiger partial charge in [0, 0.05) is 44.0 Å². The van der Waals surface area contributed by atoms with Crippen molar-refractivity contribution in [2.75, 3.05) is 25.0 Å². The van der Waals surface area contributed by atoms with Crippen molar-refractivity contribution in [1.29, 1.82) is 0 Å². The highest BCUT2D eigenvalue weighted by Crippen LogP contribution is 2.19. The number of anilines is 1. The molecule has 1 aromatic heterocycles. The summed E-state index contributed by atoms with van der Waals surface area (Å²) >= 11 is 0. The summed E-state index contributed by atoms with van der Waals surface area (Å²) in [6, 6.07) is 13.3. The van der Waals surface area contributed by atoms with Crippen LogP contribution in [0.5, 0.6) is 0 Å². The van der Waals surface area contributed by atoms with Crippen molar-refractivity contribution in [3.8, 4) is 0 Å². The van der Waals surface area contributed by atoms with Crippen molar-refractivity contribution in [3.63, 3.8) is 0 Å². The number of likely N-dealkylation sites (tertiary alicyclic amines) is 1. The van der Waals surface area contributed by atoms with E-state index in [1.54, 1.807) is 6.07 Å². The maximum Gasteiger partial charge on any atom is 0.146 e. The fourth-order valence-corrected chi connectivity index (χ4v) is 2.92. The molecule has 1 aliphatic heterocycles. The molecule has 116 valence electrons. The highest BCUT2D eigenvalue weighted by atomic mass is 19.1. The third-order valence-corrected chi connectivity index (χ3v) is 4.23. The third kappa shape index (κ3) is 4.04. The third-order valence-electron chi connectivity index (χ3n) is 4.23. The summed E-state index contributed by atoms with van der Waals surface area (Å²) in [5, 5.41) is 3.33.